The van der Waals surface area contributed by atoms with Gasteiger partial charge in [-0.05, 0) is 68.4 Å². The number of rotatable bonds is 9. The van der Waals surface area contributed by atoms with Crippen LogP contribution >= 0.6 is 0 Å². The lowest BCUT2D eigenvalue weighted by molar-refractivity contribution is -0.121. The van der Waals surface area contributed by atoms with Gasteiger partial charge in [0, 0.05) is 36.8 Å². The van der Waals surface area contributed by atoms with Gasteiger partial charge in [0.15, 0.2) is 0 Å². The van der Waals surface area contributed by atoms with E-state index in [4.69, 9.17) is 9.47 Å². The summed E-state index contributed by atoms with van der Waals surface area (Å²) in [5.74, 6) is 1.42. The molecule has 2 heterocycles. The Labute approximate surface area is 182 Å². The average Bonchev–Trinajstić information content (AvgIpc) is 3.29. The Morgan fingerprint density at radius 2 is 2.06 bits per heavy atom. The molecule has 7 nitrogen and oxygen atoms in total. The van der Waals surface area contributed by atoms with Crippen LogP contribution in [-0.4, -0.2) is 29.5 Å². The summed E-state index contributed by atoms with van der Waals surface area (Å²) in [7, 11) is 0. The van der Waals surface area contributed by atoms with E-state index >= 15 is 0 Å². The van der Waals surface area contributed by atoms with Crippen molar-refractivity contribution < 1.29 is 19.1 Å². The minimum absolute atomic E-state index is 0.0209. The number of aryl methyl sites for hydroxylation is 1. The molecular formula is C24H29N3O4. The normalized spacial score (nSPS) is 15.8. The summed E-state index contributed by atoms with van der Waals surface area (Å²) >= 11 is 0. The molecule has 0 atom stereocenters. The summed E-state index contributed by atoms with van der Waals surface area (Å²) in [5.41, 5.74) is 2.84. The van der Waals surface area contributed by atoms with E-state index < -0.39 is 0 Å². The third kappa shape index (κ3) is 5.96. The molecule has 7 heteroatoms. The molecule has 0 bridgehead atoms. The quantitative estimate of drug-likeness (QED) is 0.600. The van der Waals surface area contributed by atoms with Crippen molar-refractivity contribution >= 4 is 17.5 Å². The standard InChI is InChI=1S/C24H29N3O4/c28-22(26-16-18-5-3-13-25-24(18)31-19-6-1-2-7-19)8-4-14-30-20-10-11-21-17(15-20)9-12-23(29)27-21/h3,5,10-11,13,15,19H,1-2,4,6-9,12,14,16H2,(H,26,28)(H,27,29). The van der Waals surface area contributed by atoms with Crippen molar-refractivity contribution in [2.24, 2.45) is 0 Å². The van der Waals surface area contributed by atoms with Crippen molar-refractivity contribution in [2.75, 3.05) is 11.9 Å². The summed E-state index contributed by atoms with van der Waals surface area (Å²) in [4.78, 5) is 28.0. The van der Waals surface area contributed by atoms with Crippen molar-refractivity contribution in [3.8, 4) is 11.6 Å². The van der Waals surface area contributed by atoms with Crippen molar-refractivity contribution in [3.05, 3.63) is 47.7 Å². The van der Waals surface area contributed by atoms with Gasteiger partial charge in [-0.2, -0.15) is 0 Å². The number of amides is 2. The Morgan fingerprint density at radius 1 is 1.19 bits per heavy atom. The van der Waals surface area contributed by atoms with Gasteiger partial charge in [0.25, 0.3) is 0 Å². The van der Waals surface area contributed by atoms with E-state index in [1.54, 1.807) is 6.20 Å². The van der Waals surface area contributed by atoms with Gasteiger partial charge < -0.3 is 20.1 Å². The first-order valence-electron chi connectivity index (χ1n) is 11.1. The summed E-state index contributed by atoms with van der Waals surface area (Å²) in [6.45, 7) is 0.869. The van der Waals surface area contributed by atoms with Gasteiger partial charge in [-0.25, -0.2) is 4.98 Å². The van der Waals surface area contributed by atoms with Gasteiger partial charge in [0.1, 0.15) is 11.9 Å². The van der Waals surface area contributed by atoms with E-state index in [0.29, 0.717) is 38.3 Å². The van der Waals surface area contributed by atoms with Gasteiger partial charge in [-0.3, -0.25) is 9.59 Å². The zero-order valence-corrected chi connectivity index (χ0v) is 17.7. The van der Waals surface area contributed by atoms with Crippen molar-refractivity contribution in [3.63, 3.8) is 0 Å². The Hall–Kier alpha value is -3.09. The second kappa shape index (κ2) is 10.3. The zero-order chi connectivity index (χ0) is 21.5. The van der Waals surface area contributed by atoms with E-state index in [1.165, 1.54) is 12.8 Å². The Morgan fingerprint density at radius 3 is 2.94 bits per heavy atom. The predicted molar refractivity (Wildman–Crippen MR) is 117 cm³/mol. The number of hydrogen-bond acceptors (Lipinski definition) is 5. The number of nitrogens with zero attached hydrogens (tertiary/aromatic N) is 1. The number of pyridine rings is 1. The molecule has 0 spiro atoms. The highest BCUT2D eigenvalue weighted by atomic mass is 16.5. The largest absolute Gasteiger partial charge is 0.494 e. The van der Waals surface area contributed by atoms with Crippen LogP contribution in [0.4, 0.5) is 5.69 Å². The fourth-order valence-electron chi connectivity index (χ4n) is 3.98. The average molecular weight is 424 g/mol. The molecule has 31 heavy (non-hydrogen) atoms. The van der Waals surface area contributed by atoms with Crippen molar-refractivity contribution in [1.29, 1.82) is 0 Å². The molecule has 0 radical (unpaired) electrons. The minimum Gasteiger partial charge on any atom is -0.494 e. The Bertz CT molecular complexity index is 925. The van der Waals surface area contributed by atoms with Gasteiger partial charge >= 0.3 is 0 Å². The van der Waals surface area contributed by atoms with Crippen LogP contribution in [0.25, 0.3) is 0 Å². The molecule has 2 aromatic rings. The first-order chi connectivity index (χ1) is 15.2. The van der Waals surface area contributed by atoms with E-state index in [2.05, 4.69) is 15.6 Å². The molecule has 0 unspecified atom stereocenters. The fourth-order valence-corrected chi connectivity index (χ4v) is 3.98. The molecule has 164 valence electrons. The second-order valence-electron chi connectivity index (χ2n) is 8.09. The van der Waals surface area contributed by atoms with Crippen LogP contribution in [0.3, 0.4) is 0 Å². The van der Waals surface area contributed by atoms with Crippen molar-refractivity contribution in [2.45, 2.75) is 64.0 Å². The smallest absolute Gasteiger partial charge is 0.224 e. The van der Waals surface area contributed by atoms with Crippen LogP contribution in [0.5, 0.6) is 11.6 Å². The maximum atomic E-state index is 12.2. The first-order valence-corrected chi connectivity index (χ1v) is 11.1. The predicted octanol–water partition coefficient (Wildman–Crippen LogP) is 3.76. The molecule has 1 aliphatic heterocycles. The monoisotopic (exact) mass is 423 g/mol. The number of hydrogen-bond donors (Lipinski definition) is 2. The molecule has 2 aliphatic rings. The lowest BCUT2D eigenvalue weighted by Crippen LogP contribution is -2.24. The van der Waals surface area contributed by atoms with Gasteiger partial charge in [-0.15, -0.1) is 0 Å². The van der Waals surface area contributed by atoms with E-state index in [9.17, 15) is 9.59 Å². The van der Waals surface area contributed by atoms with E-state index in [1.807, 2.05) is 30.3 Å². The second-order valence-corrected chi connectivity index (χ2v) is 8.09. The highest BCUT2D eigenvalue weighted by Gasteiger charge is 2.19. The molecule has 2 amide bonds. The third-order valence-corrected chi connectivity index (χ3v) is 5.70. The van der Waals surface area contributed by atoms with Crippen LogP contribution < -0.4 is 20.1 Å². The molecule has 2 N–H and O–H groups in total. The van der Waals surface area contributed by atoms with E-state index in [-0.39, 0.29) is 17.9 Å². The molecule has 0 saturated heterocycles. The number of fused-ring (bicyclic) bond motifs is 1. The van der Waals surface area contributed by atoms with Crippen LogP contribution in [0.15, 0.2) is 36.5 Å². The highest BCUT2D eigenvalue weighted by molar-refractivity contribution is 5.94. The zero-order valence-electron chi connectivity index (χ0n) is 17.7. The number of aromatic nitrogens is 1. The molecule has 1 fully saturated rings. The summed E-state index contributed by atoms with van der Waals surface area (Å²) in [6, 6.07) is 9.48. The summed E-state index contributed by atoms with van der Waals surface area (Å²) < 4.78 is 11.8. The minimum atomic E-state index is -0.0209. The lowest BCUT2D eigenvalue weighted by atomic mass is 10.0. The number of nitrogens with one attached hydrogen (secondary N) is 2. The van der Waals surface area contributed by atoms with Crippen LogP contribution in [0, 0.1) is 0 Å². The van der Waals surface area contributed by atoms with Crippen LogP contribution in [-0.2, 0) is 22.6 Å². The summed E-state index contributed by atoms with van der Waals surface area (Å²) in [5, 5.41) is 5.81. The maximum absolute atomic E-state index is 12.2. The fraction of sp³-hybridized carbons (Fsp3) is 0.458. The van der Waals surface area contributed by atoms with Crippen LogP contribution in [0.2, 0.25) is 0 Å². The third-order valence-electron chi connectivity index (χ3n) is 5.70. The first kappa shape index (κ1) is 21.2. The number of benzene rings is 1. The summed E-state index contributed by atoms with van der Waals surface area (Å²) in [6.07, 6.45) is 8.74. The topological polar surface area (TPSA) is 89.6 Å². The molecule has 1 aromatic heterocycles. The van der Waals surface area contributed by atoms with Gasteiger partial charge in [-0.1, -0.05) is 6.07 Å². The molecule has 1 saturated carbocycles. The maximum Gasteiger partial charge on any atom is 0.224 e. The number of ether oxygens (including phenoxy) is 2. The number of carbonyl (C=O) groups excluding carboxylic acids is 2. The van der Waals surface area contributed by atoms with Gasteiger partial charge in [0.2, 0.25) is 17.7 Å². The SMILES string of the molecule is O=C(CCCOc1ccc2c(c1)CCC(=O)N2)NCc1cccnc1OC1CCCC1. The van der Waals surface area contributed by atoms with Crippen LogP contribution in [0.1, 0.15) is 56.1 Å². The highest BCUT2D eigenvalue weighted by Crippen LogP contribution is 2.27. The Balaban J connectivity index is 1.18. The molecule has 4 rings (SSSR count). The molecule has 1 aromatic carbocycles. The Kier molecular flexibility index (Phi) is 7.02. The van der Waals surface area contributed by atoms with Crippen molar-refractivity contribution in [1.82, 2.24) is 10.3 Å². The number of anilines is 1. The van der Waals surface area contributed by atoms with Gasteiger partial charge in [0.05, 0.1) is 6.61 Å². The number of carbonyl (C=O) groups is 2. The van der Waals surface area contributed by atoms with E-state index in [0.717, 1.165) is 41.8 Å². The molecule has 1 aliphatic carbocycles. The lowest BCUT2D eigenvalue weighted by Gasteiger charge is -2.17. The molecular weight excluding hydrogens is 394 g/mol.